The summed E-state index contributed by atoms with van der Waals surface area (Å²) in [6.45, 7) is 1.86. The summed E-state index contributed by atoms with van der Waals surface area (Å²) in [6, 6.07) is 9.16. The maximum atomic E-state index is 11.7. The van der Waals surface area contributed by atoms with Gasteiger partial charge in [0.15, 0.2) is 10.9 Å². The van der Waals surface area contributed by atoms with Crippen LogP contribution in [0.3, 0.4) is 0 Å². The van der Waals surface area contributed by atoms with Gasteiger partial charge in [0.05, 0.1) is 4.92 Å². The number of thiazole rings is 1. The molecule has 9 nitrogen and oxygen atoms in total. The highest BCUT2D eigenvalue weighted by Gasteiger charge is 2.26. The molecule has 4 rings (SSSR count). The third-order valence-electron chi connectivity index (χ3n) is 3.66. The number of nitrogens with one attached hydrogen (secondary N) is 1. The van der Waals surface area contributed by atoms with Gasteiger partial charge in [-0.05, 0) is 19.1 Å². The summed E-state index contributed by atoms with van der Waals surface area (Å²) in [5.74, 6) is 0.201. The Bertz CT molecular complexity index is 1130. The summed E-state index contributed by atoms with van der Waals surface area (Å²) >= 11 is 1.30. The number of fused-ring (bicyclic) bond motifs is 1. The molecule has 4 aromatic rings. The Hall–Kier alpha value is -3.66. The van der Waals surface area contributed by atoms with Crippen LogP contribution in [0.5, 0.6) is 11.6 Å². The number of ether oxygens (including phenoxy) is 1. The van der Waals surface area contributed by atoms with Crippen LogP contribution in [0.2, 0.25) is 0 Å². The van der Waals surface area contributed by atoms with Crippen LogP contribution in [0.4, 0.5) is 16.6 Å². The fourth-order valence-electron chi connectivity index (χ4n) is 2.48. The molecule has 0 aliphatic carbocycles. The molecule has 3 heterocycles. The lowest BCUT2D eigenvalue weighted by Crippen LogP contribution is -2.03. The van der Waals surface area contributed by atoms with E-state index in [1.807, 2.05) is 25.1 Å². The minimum absolute atomic E-state index is 0.00401. The number of nitro groups is 1. The third kappa shape index (κ3) is 3.37. The SMILES string of the molecule is Cc1ccc2cccc(Oc3ncnc(Nc4nccs4)c3[N+](=O)[O-])c2n1. The molecule has 27 heavy (non-hydrogen) atoms. The lowest BCUT2D eigenvalue weighted by molar-refractivity contribution is -0.385. The Labute approximate surface area is 156 Å². The maximum absolute atomic E-state index is 11.7. The standard InChI is InChI=1S/C17H12N6O3S/c1-10-5-6-11-3-2-4-12(13(11)21-10)26-16-14(23(24)25)15(19-9-20-16)22-17-18-7-8-27-17/h2-9H,1H3,(H,18,19,20,22). The molecule has 0 spiro atoms. The predicted molar refractivity (Wildman–Crippen MR) is 101 cm³/mol. The Morgan fingerprint density at radius 2 is 2.07 bits per heavy atom. The van der Waals surface area contributed by atoms with Crippen molar-refractivity contribution in [1.29, 1.82) is 0 Å². The molecule has 1 N–H and O–H groups in total. The van der Waals surface area contributed by atoms with Gasteiger partial charge >= 0.3 is 11.6 Å². The van der Waals surface area contributed by atoms with E-state index in [1.165, 1.54) is 17.7 Å². The van der Waals surface area contributed by atoms with E-state index in [0.29, 0.717) is 16.4 Å². The fraction of sp³-hybridized carbons (Fsp3) is 0.0588. The molecule has 0 radical (unpaired) electrons. The van der Waals surface area contributed by atoms with Crippen LogP contribution in [0.1, 0.15) is 5.69 Å². The van der Waals surface area contributed by atoms with Gasteiger partial charge in [-0.3, -0.25) is 10.1 Å². The molecule has 134 valence electrons. The van der Waals surface area contributed by atoms with Crippen LogP contribution in [0.25, 0.3) is 10.9 Å². The van der Waals surface area contributed by atoms with Gasteiger partial charge in [0.25, 0.3) is 0 Å². The summed E-state index contributed by atoms with van der Waals surface area (Å²) in [7, 11) is 0. The predicted octanol–water partition coefficient (Wildman–Crippen LogP) is 4.23. The molecule has 1 aromatic carbocycles. The molecule has 0 bridgehead atoms. The van der Waals surface area contributed by atoms with Crippen molar-refractivity contribution in [3.8, 4) is 11.6 Å². The van der Waals surface area contributed by atoms with Gasteiger partial charge in [-0.15, -0.1) is 11.3 Å². The molecule has 10 heteroatoms. The highest BCUT2D eigenvalue weighted by Crippen LogP contribution is 2.37. The highest BCUT2D eigenvalue weighted by atomic mass is 32.1. The monoisotopic (exact) mass is 380 g/mol. The van der Waals surface area contributed by atoms with Gasteiger partial charge in [-0.25, -0.2) is 15.0 Å². The average molecular weight is 380 g/mol. The van der Waals surface area contributed by atoms with Gasteiger partial charge in [-0.2, -0.15) is 4.98 Å². The van der Waals surface area contributed by atoms with E-state index in [2.05, 4.69) is 25.3 Å². The van der Waals surface area contributed by atoms with Crippen LogP contribution in [0, 0.1) is 17.0 Å². The normalized spacial score (nSPS) is 10.7. The van der Waals surface area contributed by atoms with Crippen LogP contribution < -0.4 is 10.1 Å². The second-order valence-corrected chi connectivity index (χ2v) is 6.37. The van der Waals surface area contributed by atoms with Gasteiger partial charge in [0.2, 0.25) is 5.82 Å². The van der Waals surface area contributed by atoms with Crippen LogP contribution >= 0.6 is 11.3 Å². The Kier molecular flexibility index (Phi) is 4.30. The Balaban J connectivity index is 1.78. The number of pyridine rings is 1. The van der Waals surface area contributed by atoms with Crippen LogP contribution in [0.15, 0.2) is 48.2 Å². The molecule has 0 saturated carbocycles. The molecule has 0 saturated heterocycles. The number of hydrogen-bond donors (Lipinski definition) is 1. The van der Waals surface area contributed by atoms with Crippen molar-refractivity contribution in [2.24, 2.45) is 0 Å². The molecular formula is C17H12N6O3S. The van der Waals surface area contributed by atoms with Crippen molar-refractivity contribution in [3.05, 3.63) is 64.0 Å². The fourth-order valence-corrected chi connectivity index (χ4v) is 3.01. The van der Waals surface area contributed by atoms with Crippen molar-refractivity contribution in [2.75, 3.05) is 5.32 Å². The van der Waals surface area contributed by atoms with Crippen molar-refractivity contribution in [2.45, 2.75) is 6.92 Å². The molecule has 0 unspecified atom stereocenters. The lowest BCUT2D eigenvalue weighted by atomic mass is 10.2. The first-order valence-electron chi connectivity index (χ1n) is 7.82. The maximum Gasteiger partial charge on any atom is 0.373 e. The second-order valence-electron chi connectivity index (χ2n) is 5.48. The van der Waals surface area contributed by atoms with Crippen molar-refractivity contribution in [1.82, 2.24) is 19.9 Å². The number of anilines is 2. The summed E-state index contributed by atoms with van der Waals surface area (Å²) in [4.78, 5) is 27.5. The van der Waals surface area contributed by atoms with E-state index < -0.39 is 4.92 Å². The highest BCUT2D eigenvalue weighted by molar-refractivity contribution is 7.13. The molecule has 0 amide bonds. The minimum Gasteiger partial charge on any atom is -0.431 e. The number of hydrogen-bond acceptors (Lipinski definition) is 9. The average Bonchev–Trinajstić information content (AvgIpc) is 3.15. The first-order chi connectivity index (χ1) is 13.1. The van der Waals surface area contributed by atoms with Crippen molar-refractivity contribution >= 4 is 38.9 Å². The smallest absolute Gasteiger partial charge is 0.373 e. The summed E-state index contributed by atoms with van der Waals surface area (Å²) < 4.78 is 5.79. The van der Waals surface area contributed by atoms with Gasteiger partial charge in [-0.1, -0.05) is 18.2 Å². The van der Waals surface area contributed by atoms with Crippen LogP contribution in [-0.2, 0) is 0 Å². The quantitative estimate of drug-likeness (QED) is 0.404. The van der Waals surface area contributed by atoms with Gasteiger partial charge in [0, 0.05) is 22.7 Å². The van der Waals surface area contributed by atoms with Gasteiger partial charge < -0.3 is 10.1 Å². The zero-order chi connectivity index (χ0) is 18.8. The van der Waals surface area contributed by atoms with E-state index in [-0.39, 0.29) is 17.4 Å². The van der Waals surface area contributed by atoms with Crippen molar-refractivity contribution in [3.63, 3.8) is 0 Å². The number of aromatic nitrogens is 4. The Morgan fingerprint density at radius 1 is 1.19 bits per heavy atom. The van der Waals surface area contributed by atoms with E-state index in [9.17, 15) is 10.1 Å². The number of para-hydroxylation sites is 1. The number of aryl methyl sites for hydroxylation is 1. The first-order valence-corrected chi connectivity index (χ1v) is 8.70. The van der Waals surface area contributed by atoms with E-state index in [0.717, 1.165) is 11.1 Å². The van der Waals surface area contributed by atoms with E-state index in [4.69, 9.17) is 4.74 Å². The van der Waals surface area contributed by atoms with Gasteiger partial charge in [0.1, 0.15) is 11.8 Å². The van der Waals surface area contributed by atoms with Crippen molar-refractivity contribution < 1.29 is 9.66 Å². The molecule has 0 aliphatic rings. The summed E-state index contributed by atoms with van der Waals surface area (Å²) in [6.07, 6.45) is 2.78. The second kappa shape index (κ2) is 6.92. The number of benzene rings is 1. The molecule has 0 aliphatic heterocycles. The largest absolute Gasteiger partial charge is 0.431 e. The third-order valence-corrected chi connectivity index (χ3v) is 4.35. The number of rotatable bonds is 5. The lowest BCUT2D eigenvalue weighted by Gasteiger charge is -2.10. The van der Waals surface area contributed by atoms with Crippen LogP contribution in [-0.4, -0.2) is 24.9 Å². The molecule has 3 aromatic heterocycles. The summed E-state index contributed by atoms with van der Waals surface area (Å²) in [5, 5.41) is 17.6. The van der Waals surface area contributed by atoms with E-state index in [1.54, 1.807) is 23.7 Å². The molecular weight excluding hydrogens is 368 g/mol. The topological polar surface area (TPSA) is 116 Å². The number of nitrogens with zero attached hydrogens (tertiary/aromatic N) is 5. The Morgan fingerprint density at radius 3 is 2.85 bits per heavy atom. The molecule has 0 atom stereocenters. The summed E-state index contributed by atoms with van der Waals surface area (Å²) in [5.41, 5.74) is 1.03. The molecule has 0 fully saturated rings. The zero-order valence-electron chi connectivity index (χ0n) is 14.0. The minimum atomic E-state index is -0.588. The zero-order valence-corrected chi connectivity index (χ0v) is 14.8. The van der Waals surface area contributed by atoms with E-state index >= 15 is 0 Å². The first kappa shape index (κ1) is 16.8.